The molecule has 0 bridgehead atoms. The first-order valence-electron chi connectivity index (χ1n) is 12.4. The standard InChI is InChI=1S/C28H23ClF6N2O5S2/c1-26(2,17-10-21(41-14-27(30,31)32)13-22(11-17)42-28(33,34)35)16-8-18(29)12-20(9-16)36-25(38)24-7-15-6-19(37-44(3,39)40)4-5-23(15)43-24/h4-13,37H,14H2,1-3H3,(H,36,38). The van der Waals surface area contributed by atoms with E-state index in [1.165, 1.54) is 18.2 Å². The Labute approximate surface area is 256 Å². The lowest BCUT2D eigenvalue weighted by Crippen LogP contribution is -2.23. The van der Waals surface area contributed by atoms with Gasteiger partial charge in [0.15, 0.2) is 6.61 Å². The number of nitrogens with one attached hydrogen (secondary N) is 2. The van der Waals surface area contributed by atoms with Gasteiger partial charge in [0.05, 0.1) is 11.1 Å². The van der Waals surface area contributed by atoms with Gasteiger partial charge < -0.3 is 14.8 Å². The Bertz CT molecular complexity index is 1820. The highest BCUT2D eigenvalue weighted by atomic mass is 35.5. The highest BCUT2D eigenvalue weighted by Gasteiger charge is 2.34. The van der Waals surface area contributed by atoms with Crippen molar-refractivity contribution in [2.75, 3.05) is 22.9 Å². The Morgan fingerprint density at radius 1 is 0.886 bits per heavy atom. The predicted octanol–water partition coefficient (Wildman–Crippen LogP) is 8.34. The van der Waals surface area contributed by atoms with Gasteiger partial charge in [0, 0.05) is 32.6 Å². The van der Waals surface area contributed by atoms with Crippen molar-refractivity contribution in [3.63, 3.8) is 0 Å². The van der Waals surface area contributed by atoms with Crippen LogP contribution >= 0.6 is 22.9 Å². The predicted molar refractivity (Wildman–Crippen MR) is 156 cm³/mol. The van der Waals surface area contributed by atoms with E-state index in [9.17, 15) is 39.6 Å². The summed E-state index contributed by atoms with van der Waals surface area (Å²) in [5, 5.41) is 3.50. The number of benzene rings is 3. The Kier molecular flexibility index (Phi) is 9.06. The van der Waals surface area contributed by atoms with Crippen molar-refractivity contribution in [2.45, 2.75) is 31.8 Å². The molecule has 0 saturated carbocycles. The van der Waals surface area contributed by atoms with Gasteiger partial charge >= 0.3 is 12.5 Å². The molecule has 4 aromatic rings. The monoisotopic (exact) mass is 680 g/mol. The second-order valence-corrected chi connectivity index (χ2v) is 13.5. The van der Waals surface area contributed by atoms with Crippen molar-refractivity contribution in [3.05, 3.63) is 81.7 Å². The van der Waals surface area contributed by atoms with Gasteiger partial charge in [-0.2, -0.15) is 13.2 Å². The summed E-state index contributed by atoms with van der Waals surface area (Å²) in [5.74, 6) is -1.80. The molecule has 3 aromatic carbocycles. The molecule has 0 aliphatic carbocycles. The van der Waals surface area contributed by atoms with Crippen molar-refractivity contribution in [2.24, 2.45) is 0 Å². The Morgan fingerprint density at radius 2 is 1.55 bits per heavy atom. The molecule has 0 spiro atoms. The smallest absolute Gasteiger partial charge is 0.484 e. The number of carbonyl (C=O) groups excluding carboxylic acids is 1. The summed E-state index contributed by atoms with van der Waals surface area (Å²) in [7, 11) is -3.51. The maximum atomic E-state index is 13.1. The summed E-state index contributed by atoms with van der Waals surface area (Å²) in [4.78, 5) is 13.4. The van der Waals surface area contributed by atoms with E-state index in [-0.39, 0.29) is 16.3 Å². The lowest BCUT2D eigenvalue weighted by atomic mass is 9.78. The fraction of sp³-hybridized carbons (Fsp3) is 0.250. The maximum absolute atomic E-state index is 13.1. The molecule has 4 rings (SSSR count). The van der Waals surface area contributed by atoms with E-state index in [0.717, 1.165) is 29.7 Å². The minimum atomic E-state index is -5.12. The molecule has 1 aromatic heterocycles. The summed E-state index contributed by atoms with van der Waals surface area (Å²) < 4.78 is 112. The number of hydrogen-bond donors (Lipinski definition) is 2. The van der Waals surface area contributed by atoms with Crippen LogP contribution in [0.1, 0.15) is 34.6 Å². The number of rotatable bonds is 9. The zero-order chi connectivity index (χ0) is 32.7. The molecule has 1 heterocycles. The second kappa shape index (κ2) is 12.0. The zero-order valence-electron chi connectivity index (χ0n) is 23.0. The highest BCUT2D eigenvalue weighted by Crippen LogP contribution is 2.40. The van der Waals surface area contributed by atoms with Crippen molar-refractivity contribution in [1.82, 2.24) is 0 Å². The molecular formula is C28H23ClF6N2O5S2. The van der Waals surface area contributed by atoms with E-state index in [0.29, 0.717) is 32.3 Å². The van der Waals surface area contributed by atoms with Gasteiger partial charge in [-0.1, -0.05) is 25.4 Å². The van der Waals surface area contributed by atoms with Gasteiger partial charge in [0.25, 0.3) is 5.91 Å². The molecule has 44 heavy (non-hydrogen) atoms. The summed E-state index contributed by atoms with van der Waals surface area (Å²) in [5.41, 5.74) is -0.105. The van der Waals surface area contributed by atoms with Crippen LogP contribution in [-0.2, 0) is 15.4 Å². The van der Waals surface area contributed by atoms with Gasteiger partial charge in [0.2, 0.25) is 10.0 Å². The first-order chi connectivity index (χ1) is 20.2. The van der Waals surface area contributed by atoms with E-state index in [2.05, 4.69) is 14.8 Å². The van der Waals surface area contributed by atoms with Crippen LogP contribution in [0.3, 0.4) is 0 Å². The van der Waals surface area contributed by atoms with Crippen LogP contribution in [-0.4, -0.2) is 39.7 Å². The number of carbonyl (C=O) groups is 1. The number of halogens is 7. The van der Waals surface area contributed by atoms with Gasteiger partial charge in [-0.3, -0.25) is 9.52 Å². The third-order valence-electron chi connectivity index (χ3n) is 6.16. The summed E-state index contributed by atoms with van der Waals surface area (Å²) >= 11 is 7.48. The van der Waals surface area contributed by atoms with E-state index in [1.807, 2.05) is 0 Å². The molecule has 2 N–H and O–H groups in total. The normalized spacial score (nSPS) is 12.7. The average molecular weight is 681 g/mol. The van der Waals surface area contributed by atoms with E-state index in [4.69, 9.17) is 16.3 Å². The maximum Gasteiger partial charge on any atom is 0.573 e. The Morgan fingerprint density at radius 3 is 2.18 bits per heavy atom. The molecule has 16 heteroatoms. The van der Waals surface area contributed by atoms with Crippen molar-refractivity contribution in [1.29, 1.82) is 0 Å². The summed E-state index contributed by atoms with van der Waals surface area (Å²) in [6.45, 7) is 1.46. The van der Waals surface area contributed by atoms with Crippen LogP contribution in [0, 0.1) is 0 Å². The molecule has 0 saturated heterocycles. The topological polar surface area (TPSA) is 93.7 Å². The van der Waals surface area contributed by atoms with Crippen LogP contribution in [0.2, 0.25) is 5.02 Å². The van der Waals surface area contributed by atoms with Gasteiger partial charge in [-0.25, -0.2) is 8.42 Å². The van der Waals surface area contributed by atoms with Crippen LogP contribution in [0.4, 0.5) is 37.7 Å². The second-order valence-electron chi connectivity index (χ2n) is 10.2. The van der Waals surface area contributed by atoms with E-state index >= 15 is 0 Å². The first-order valence-corrected chi connectivity index (χ1v) is 15.5. The molecule has 0 aliphatic heterocycles. The molecular weight excluding hydrogens is 658 g/mol. The number of fused-ring (bicyclic) bond motifs is 1. The summed E-state index contributed by atoms with van der Waals surface area (Å²) in [6, 6.07) is 13.7. The molecule has 236 valence electrons. The number of anilines is 2. The van der Waals surface area contributed by atoms with E-state index < -0.39 is 52.0 Å². The quantitative estimate of drug-likeness (QED) is 0.173. The van der Waals surface area contributed by atoms with Crippen LogP contribution < -0.4 is 19.5 Å². The third-order valence-corrected chi connectivity index (χ3v) is 8.10. The minimum Gasteiger partial charge on any atom is -0.484 e. The average Bonchev–Trinajstić information content (AvgIpc) is 3.28. The van der Waals surface area contributed by atoms with Crippen LogP contribution in [0.25, 0.3) is 10.1 Å². The molecule has 0 atom stereocenters. The number of sulfonamides is 1. The molecule has 0 radical (unpaired) electrons. The molecule has 0 fully saturated rings. The molecule has 0 aliphatic rings. The molecule has 7 nitrogen and oxygen atoms in total. The van der Waals surface area contributed by atoms with E-state index in [1.54, 1.807) is 38.1 Å². The van der Waals surface area contributed by atoms with Gasteiger partial charge in [0.1, 0.15) is 11.5 Å². The summed E-state index contributed by atoms with van der Waals surface area (Å²) in [6.07, 6.45) is -8.84. The number of thiophene rings is 1. The van der Waals surface area contributed by atoms with Crippen LogP contribution in [0.15, 0.2) is 60.7 Å². The van der Waals surface area contributed by atoms with Crippen molar-refractivity contribution < 1.29 is 49.0 Å². The number of ether oxygens (including phenoxy) is 2. The number of hydrogen-bond acceptors (Lipinski definition) is 6. The largest absolute Gasteiger partial charge is 0.573 e. The van der Waals surface area contributed by atoms with Gasteiger partial charge in [-0.15, -0.1) is 24.5 Å². The minimum absolute atomic E-state index is 0.110. The number of amides is 1. The fourth-order valence-corrected chi connectivity index (χ4v) is 5.92. The lowest BCUT2D eigenvalue weighted by molar-refractivity contribution is -0.274. The lowest BCUT2D eigenvalue weighted by Gasteiger charge is -2.28. The zero-order valence-corrected chi connectivity index (χ0v) is 25.4. The third kappa shape index (κ3) is 8.92. The SMILES string of the molecule is CC(C)(c1cc(Cl)cc(NC(=O)c2cc3cc(NS(C)(=O)=O)ccc3s2)c1)c1cc(OCC(F)(F)F)cc(OC(F)(F)F)c1. The fourth-order valence-electron chi connectivity index (χ4n) is 4.19. The highest BCUT2D eigenvalue weighted by molar-refractivity contribution is 7.92. The first kappa shape index (κ1) is 33.2. The molecule has 1 amide bonds. The van der Waals surface area contributed by atoms with Crippen molar-refractivity contribution >= 4 is 60.3 Å². The van der Waals surface area contributed by atoms with Crippen molar-refractivity contribution in [3.8, 4) is 11.5 Å². The number of alkyl halides is 6. The van der Waals surface area contributed by atoms with Gasteiger partial charge in [-0.05, 0) is 71.1 Å². The van der Waals surface area contributed by atoms with Crippen LogP contribution in [0.5, 0.6) is 11.5 Å². The Hall–Kier alpha value is -3.69. The molecule has 0 unspecified atom stereocenters. The Balaban J connectivity index is 1.64.